The summed E-state index contributed by atoms with van der Waals surface area (Å²) in [5.41, 5.74) is 9.22. The van der Waals surface area contributed by atoms with Crippen molar-refractivity contribution >= 4 is 0 Å². The van der Waals surface area contributed by atoms with Crippen LogP contribution in [-0.2, 0) is 13.1 Å². The van der Waals surface area contributed by atoms with Crippen molar-refractivity contribution < 1.29 is 5.11 Å². The van der Waals surface area contributed by atoms with Crippen molar-refractivity contribution in [2.45, 2.75) is 38.1 Å². The van der Waals surface area contributed by atoms with Crippen molar-refractivity contribution in [2.75, 3.05) is 6.54 Å². The third-order valence-corrected chi connectivity index (χ3v) is 3.65. The summed E-state index contributed by atoms with van der Waals surface area (Å²) in [7, 11) is 0. The van der Waals surface area contributed by atoms with Crippen LogP contribution >= 0.6 is 0 Å². The van der Waals surface area contributed by atoms with Gasteiger partial charge >= 0.3 is 0 Å². The summed E-state index contributed by atoms with van der Waals surface area (Å²) in [6.07, 6.45) is 2.19. The second kappa shape index (κ2) is 3.84. The fourth-order valence-corrected chi connectivity index (χ4v) is 2.48. The van der Waals surface area contributed by atoms with Crippen LogP contribution in [0.4, 0.5) is 0 Å². The molecule has 1 aliphatic carbocycles. The Balaban J connectivity index is 1.82. The van der Waals surface area contributed by atoms with Gasteiger partial charge in [-0.25, -0.2) is 0 Å². The minimum atomic E-state index is -0.514. The molecule has 16 heavy (non-hydrogen) atoms. The van der Waals surface area contributed by atoms with Gasteiger partial charge in [0.25, 0.3) is 0 Å². The first-order valence-corrected chi connectivity index (χ1v) is 6.02. The third kappa shape index (κ3) is 1.75. The summed E-state index contributed by atoms with van der Waals surface area (Å²) in [6.45, 7) is 2.43. The molecular formula is C13H18N2O. The number of aliphatic hydroxyl groups is 1. The highest BCUT2D eigenvalue weighted by atomic mass is 16.3. The number of nitrogens with two attached hydrogens (primary N) is 1. The molecule has 1 heterocycles. The van der Waals surface area contributed by atoms with Crippen LogP contribution in [0.2, 0.25) is 0 Å². The molecule has 86 valence electrons. The Morgan fingerprint density at radius 2 is 2.06 bits per heavy atom. The molecule has 2 aliphatic rings. The van der Waals surface area contributed by atoms with Crippen LogP contribution in [0.5, 0.6) is 0 Å². The first kappa shape index (κ1) is 10.3. The molecule has 0 radical (unpaired) electrons. The third-order valence-electron chi connectivity index (χ3n) is 3.65. The van der Waals surface area contributed by atoms with Gasteiger partial charge in [-0.3, -0.25) is 4.90 Å². The van der Waals surface area contributed by atoms with Gasteiger partial charge in [0.2, 0.25) is 0 Å². The van der Waals surface area contributed by atoms with Crippen molar-refractivity contribution in [1.82, 2.24) is 4.90 Å². The van der Waals surface area contributed by atoms with E-state index < -0.39 is 6.10 Å². The SMILES string of the molecule is NCC(O)c1ccc2c(c1)CN(C1CC1)C2. The predicted octanol–water partition coefficient (Wildman–Crippen LogP) is 1.16. The second-order valence-corrected chi connectivity index (χ2v) is 4.92. The number of nitrogens with zero attached hydrogens (tertiary/aromatic N) is 1. The molecule has 0 bridgehead atoms. The molecule has 0 amide bonds. The van der Waals surface area contributed by atoms with Gasteiger partial charge in [0, 0.05) is 25.7 Å². The zero-order valence-electron chi connectivity index (χ0n) is 9.39. The van der Waals surface area contributed by atoms with Crippen LogP contribution in [0.1, 0.15) is 35.6 Å². The maximum absolute atomic E-state index is 9.71. The van der Waals surface area contributed by atoms with Gasteiger partial charge in [-0.2, -0.15) is 0 Å². The van der Waals surface area contributed by atoms with E-state index in [1.165, 1.54) is 24.0 Å². The van der Waals surface area contributed by atoms with Gasteiger partial charge < -0.3 is 10.8 Å². The summed E-state index contributed by atoms with van der Waals surface area (Å²) < 4.78 is 0. The molecule has 1 fully saturated rings. The number of hydrogen-bond donors (Lipinski definition) is 2. The Bertz CT molecular complexity index is 401. The van der Waals surface area contributed by atoms with Crippen molar-refractivity contribution in [3.63, 3.8) is 0 Å². The number of rotatable bonds is 3. The maximum atomic E-state index is 9.71. The summed E-state index contributed by atoms with van der Waals surface area (Å²) in [5, 5.41) is 9.71. The van der Waals surface area contributed by atoms with E-state index in [1.807, 2.05) is 6.07 Å². The molecule has 0 saturated heterocycles. The molecule has 1 atom stereocenters. The van der Waals surface area contributed by atoms with Crippen LogP contribution in [0, 0.1) is 0 Å². The lowest BCUT2D eigenvalue weighted by Gasteiger charge is -2.12. The van der Waals surface area contributed by atoms with Crippen LogP contribution in [-0.4, -0.2) is 22.6 Å². The van der Waals surface area contributed by atoms with E-state index in [2.05, 4.69) is 17.0 Å². The summed E-state index contributed by atoms with van der Waals surface area (Å²) in [6, 6.07) is 7.09. The van der Waals surface area contributed by atoms with Crippen LogP contribution in [0.15, 0.2) is 18.2 Å². The Hall–Kier alpha value is -0.900. The van der Waals surface area contributed by atoms with E-state index in [4.69, 9.17) is 5.73 Å². The summed E-state index contributed by atoms with van der Waals surface area (Å²) in [5.74, 6) is 0. The zero-order valence-corrected chi connectivity index (χ0v) is 9.39. The van der Waals surface area contributed by atoms with Gasteiger partial charge in [0.1, 0.15) is 0 Å². The average molecular weight is 218 g/mol. The van der Waals surface area contributed by atoms with Crippen molar-refractivity contribution in [2.24, 2.45) is 5.73 Å². The second-order valence-electron chi connectivity index (χ2n) is 4.92. The molecule has 0 aromatic heterocycles. The zero-order chi connectivity index (χ0) is 11.1. The lowest BCUT2D eigenvalue weighted by Crippen LogP contribution is -2.18. The van der Waals surface area contributed by atoms with Gasteiger partial charge in [-0.15, -0.1) is 0 Å². The molecular weight excluding hydrogens is 200 g/mol. The molecule has 3 N–H and O–H groups in total. The molecule has 1 unspecified atom stereocenters. The lowest BCUT2D eigenvalue weighted by atomic mass is 10.0. The Morgan fingerprint density at radius 1 is 1.31 bits per heavy atom. The van der Waals surface area contributed by atoms with Gasteiger partial charge in [0.15, 0.2) is 0 Å². The molecule has 3 nitrogen and oxygen atoms in total. The largest absolute Gasteiger partial charge is 0.387 e. The number of fused-ring (bicyclic) bond motifs is 1. The highest BCUT2D eigenvalue weighted by molar-refractivity contribution is 5.36. The summed E-state index contributed by atoms with van der Waals surface area (Å²) >= 11 is 0. The first-order chi connectivity index (χ1) is 7.78. The molecule has 3 heteroatoms. The summed E-state index contributed by atoms with van der Waals surface area (Å²) in [4.78, 5) is 2.53. The van der Waals surface area contributed by atoms with Crippen molar-refractivity contribution in [3.05, 3.63) is 34.9 Å². The Morgan fingerprint density at radius 3 is 2.75 bits per heavy atom. The normalized spacial score (nSPS) is 22.1. The Labute approximate surface area is 95.9 Å². The fourth-order valence-electron chi connectivity index (χ4n) is 2.48. The molecule has 3 rings (SSSR count). The van der Waals surface area contributed by atoms with Crippen LogP contribution in [0.3, 0.4) is 0 Å². The Kier molecular flexibility index (Phi) is 2.46. The van der Waals surface area contributed by atoms with Crippen molar-refractivity contribution in [1.29, 1.82) is 0 Å². The smallest absolute Gasteiger partial charge is 0.0912 e. The van der Waals surface area contributed by atoms with E-state index in [0.717, 1.165) is 24.7 Å². The lowest BCUT2D eigenvalue weighted by molar-refractivity contribution is 0.186. The highest BCUT2D eigenvalue weighted by Crippen LogP contribution is 2.35. The maximum Gasteiger partial charge on any atom is 0.0912 e. The average Bonchev–Trinajstić information content (AvgIpc) is 3.07. The van der Waals surface area contributed by atoms with Crippen molar-refractivity contribution in [3.8, 4) is 0 Å². The standard InChI is InChI=1S/C13H18N2O/c14-6-13(16)9-1-2-10-7-15(12-3-4-12)8-11(10)5-9/h1-2,5,12-13,16H,3-4,6-8,14H2. The number of hydrogen-bond acceptors (Lipinski definition) is 3. The van der Waals surface area contributed by atoms with Gasteiger partial charge in [-0.05, 0) is 29.5 Å². The van der Waals surface area contributed by atoms with E-state index >= 15 is 0 Å². The van der Waals surface area contributed by atoms with Gasteiger partial charge in [0.05, 0.1) is 6.10 Å². The van der Waals surface area contributed by atoms with E-state index in [-0.39, 0.29) is 0 Å². The molecule has 0 spiro atoms. The molecule has 1 saturated carbocycles. The van der Waals surface area contributed by atoms with E-state index in [0.29, 0.717) is 6.54 Å². The van der Waals surface area contributed by atoms with E-state index in [1.54, 1.807) is 0 Å². The minimum absolute atomic E-state index is 0.297. The number of aliphatic hydroxyl groups excluding tert-OH is 1. The minimum Gasteiger partial charge on any atom is -0.387 e. The molecule has 1 aliphatic heterocycles. The fraction of sp³-hybridized carbons (Fsp3) is 0.538. The monoisotopic (exact) mass is 218 g/mol. The molecule has 1 aromatic carbocycles. The number of benzene rings is 1. The highest BCUT2D eigenvalue weighted by Gasteiger charge is 2.32. The first-order valence-electron chi connectivity index (χ1n) is 6.02. The predicted molar refractivity (Wildman–Crippen MR) is 62.7 cm³/mol. The molecule has 1 aromatic rings. The quantitative estimate of drug-likeness (QED) is 0.800. The van der Waals surface area contributed by atoms with E-state index in [9.17, 15) is 5.11 Å². The van der Waals surface area contributed by atoms with Crippen LogP contribution < -0.4 is 5.73 Å². The topological polar surface area (TPSA) is 49.5 Å². The van der Waals surface area contributed by atoms with Crippen LogP contribution in [0.25, 0.3) is 0 Å². The van der Waals surface area contributed by atoms with Gasteiger partial charge in [-0.1, -0.05) is 18.2 Å².